The number of rotatable bonds is 11. The lowest BCUT2D eigenvalue weighted by Crippen LogP contribution is -2.52. The van der Waals surface area contributed by atoms with Crippen LogP contribution in [0, 0.1) is 0 Å². The van der Waals surface area contributed by atoms with E-state index in [4.69, 9.17) is 9.15 Å². The maximum Gasteiger partial charge on any atom is 0.311 e. The monoisotopic (exact) mass is 458 g/mol. The predicted octanol–water partition coefficient (Wildman–Crippen LogP) is -0.944. The van der Waals surface area contributed by atoms with E-state index < -0.39 is 40.3 Å². The van der Waals surface area contributed by atoms with Crippen molar-refractivity contribution in [2.45, 2.75) is 30.8 Å². The molecule has 0 bridgehead atoms. The fourth-order valence-electron chi connectivity index (χ4n) is 2.65. The van der Waals surface area contributed by atoms with E-state index in [-0.39, 0.29) is 24.7 Å². The van der Waals surface area contributed by atoms with Gasteiger partial charge >= 0.3 is 6.01 Å². The molecule has 2 heterocycles. The Morgan fingerprint density at radius 2 is 1.94 bits per heavy atom. The third-order valence-electron chi connectivity index (χ3n) is 4.56. The molecule has 0 aliphatic heterocycles. The standard InChI is InChI=1S/C18H26N4O8S/c1-22(31(3,27)28)18-20-12(10-30-18)17(26)21-14(16(25)13(23)6-9-29-2)15(24)11-4-7-19-8-5-11/h4-5,7-8,10,13-16,23-25H,6,9H2,1-3H3,(H,21,26). The largest absolute Gasteiger partial charge is 0.430 e. The molecule has 12 nitrogen and oxygen atoms in total. The van der Waals surface area contributed by atoms with Gasteiger partial charge in [0.2, 0.25) is 10.0 Å². The molecule has 0 aliphatic rings. The first kappa shape index (κ1) is 24.7. The van der Waals surface area contributed by atoms with E-state index in [1.807, 2.05) is 0 Å². The number of pyridine rings is 1. The number of anilines is 1. The van der Waals surface area contributed by atoms with Crippen molar-refractivity contribution in [3.63, 3.8) is 0 Å². The molecule has 0 spiro atoms. The summed E-state index contributed by atoms with van der Waals surface area (Å²) in [7, 11) is -1.03. The zero-order valence-electron chi connectivity index (χ0n) is 17.2. The van der Waals surface area contributed by atoms with E-state index in [0.29, 0.717) is 5.56 Å². The lowest BCUT2D eigenvalue weighted by atomic mass is 9.94. The van der Waals surface area contributed by atoms with Crippen molar-refractivity contribution in [1.82, 2.24) is 15.3 Å². The van der Waals surface area contributed by atoms with E-state index in [0.717, 1.165) is 16.8 Å². The number of aromatic nitrogens is 2. The third-order valence-corrected chi connectivity index (χ3v) is 5.71. The number of carbonyl (C=O) groups is 1. The van der Waals surface area contributed by atoms with Crippen LogP contribution >= 0.6 is 0 Å². The second kappa shape index (κ2) is 10.6. The Kier molecular flexibility index (Phi) is 8.47. The SMILES string of the molecule is COCCC(O)C(O)C(NC(=O)c1coc(N(C)S(C)(=O)=O)n1)C(O)c1ccncc1. The van der Waals surface area contributed by atoms with Crippen LogP contribution in [0.1, 0.15) is 28.6 Å². The van der Waals surface area contributed by atoms with Crippen LogP contribution in [0.2, 0.25) is 0 Å². The van der Waals surface area contributed by atoms with Crippen molar-refractivity contribution < 1.29 is 37.7 Å². The highest BCUT2D eigenvalue weighted by atomic mass is 32.2. The van der Waals surface area contributed by atoms with Gasteiger partial charge in [-0.2, -0.15) is 4.98 Å². The van der Waals surface area contributed by atoms with E-state index in [2.05, 4.69) is 15.3 Å². The summed E-state index contributed by atoms with van der Waals surface area (Å²) in [5.41, 5.74) is 0.0620. The van der Waals surface area contributed by atoms with Crippen molar-refractivity contribution in [3.05, 3.63) is 42.0 Å². The molecule has 4 atom stereocenters. The summed E-state index contributed by atoms with van der Waals surface area (Å²) < 4.78 is 33.9. The molecule has 2 aromatic heterocycles. The third kappa shape index (κ3) is 6.45. The molecular weight excluding hydrogens is 432 g/mol. The van der Waals surface area contributed by atoms with Gasteiger partial charge in [0.25, 0.3) is 5.91 Å². The van der Waals surface area contributed by atoms with Crippen LogP contribution in [0.15, 0.2) is 35.2 Å². The topological polar surface area (TPSA) is 175 Å². The number of hydrogen-bond acceptors (Lipinski definition) is 10. The Morgan fingerprint density at radius 3 is 2.52 bits per heavy atom. The number of aliphatic hydroxyl groups is 3. The highest BCUT2D eigenvalue weighted by molar-refractivity contribution is 7.92. The highest BCUT2D eigenvalue weighted by Gasteiger charge is 2.35. The predicted molar refractivity (Wildman–Crippen MR) is 109 cm³/mol. The number of oxazole rings is 1. The van der Waals surface area contributed by atoms with Crippen LogP contribution in [0.25, 0.3) is 0 Å². The van der Waals surface area contributed by atoms with Crippen molar-refractivity contribution >= 4 is 21.9 Å². The molecule has 2 aromatic rings. The van der Waals surface area contributed by atoms with E-state index in [1.165, 1.54) is 38.7 Å². The van der Waals surface area contributed by atoms with E-state index >= 15 is 0 Å². The zero-order valence-corrected chi connectivity index (χ0v) is 18.1. The summed E-state index contributed by atoms with van der Waals surface area (Å²) in [5, 5.41) is 34.0. The van der Waals surface area contributed by atoms with Crippen LogP contribution in [-0.4, -0.2) is 84.9 Å². The Bertz CT molecular complexity index is 952. The molecule has 0 saturated heterocycles. The minimum Gasteiger partial charge on any atom is -0.430 e. The Labute approximate surface area is 179 Å². The van der Waals surface area contributed by atoms with Gasteiger partial charge < -0.3 is 29.8 Å². The second-order valence-electron chi connectivity index (χ2n) is 6.81. The Balaban J connectivity index is 2.26. The van der Waals surface area contributed by atoms with Gasteiger partial charge in [-0.05, 0) is 24.1 Å². The molecule has 31 heavy (non-hydrogen) atoms. The van der Waals surface area contributed by atoms with Crippen molar-refractivity contribution in [3.8, 4) is 0 Å². The fourth-order valence-corrected chi connectivity index (χ4v) is 3.02. The van der Waals surface area contributed by atoms with Gasteiger partial charge in [-0.1, -0.05) is 0 Å². The number of ether oxygens (including phenoxy) is 1. The number of amides is 1. The molecule has 0 aliphatic carbocycles. The van der Waals surface area contributed by atoms with Gasteiger partial charge in [0.1, 0.15) is 18.5 Å². The molecule has 4 N–H and O–H groups in total. The minimum absolute atomic E-state index is 0.0559. The Morgan fingerprint density at radius 1 is 1.29 bits per heavy atom. The van der Waals surface area contributed by atoms with E-state index in [9.17, 15) is 28.5 Å². The van der Waals surface area contributed by atoms with Gasteiger partial charge in [0, 0.05) is 33.2 Å². The van der Waals surface area contributed by atoms with Gasteiger partial charge in [-0.3, -0.25) is 9.78 Å². The van der Waals surface area contributed by atoms with Crippen molar-refractivity contribution in [1.29, 1.82) is 0 Å². The molecule has 0 radical (unpaired) electrons. The first-order valence-corrected chi connectivity index (χ1v) is 11.0. The molecule has 1 amide bonds. The maximum absolute atomic E-state index is 12.7. The minimum atomic E-state index is -3.66. The molecule has 0 fully saturated rings. The zero-order chi connectivity index (χ0) is 23.2. The highest BCUT2D eigenvalue weighted by Crippen LogP contribution is 2.22. The first-order chi connectivity index (χ1) is 14.6. The van der Waals surface area contributed by atoms with Gasteiger partial charge in [0.15, 0.2) is 5.69 Å². The smallest absolute Gasteiger partial charge is 0.311 e. The summed E-state index contributed by atoms with van der Waals surface area (Å²) >= 11 is 0. The molecule has 4 unspecified atom stereocenters. The second-order valence-corrected chi connectivity index (χ2v) is 8.82. The van der Waals surface area contributed by atoms with Crippen molar-refractivity contribution in [2.75, 3.05) is 31.3 Å². The molecular formula is C18H26N4O8S. The first-order valence-electron chi connectivity index (χ1n) is 9.19. The average molecular weight is 458 g/mol. The maximum atomic E-state index is 12.7. The van der Waals surface area contributed by atoms with Crippen LogP contribution in [0.5, 0.6) is 0 Å². The molecule has 0 saturated carbocycles. The number of nitrogens with one attached hydrogen (secondary N) is 1. The summed E-state index contributed by atoms with van der Waals surface area (Å²) in [4.78, 5) is 20.4. The number of aliphatic hydroxyl groups excluding tert-OH is 3. The van der Waals surface area contributed by atoms with Crippen molar-refractivity contribution in [2.24, 2.45) is 0 Å². The number of methoxy groups -OCH3 is 1. The number of nitrogens with zero attached hydrogens (tertiary/aromatic N) is 3. The van der Waals surface area contributed by atoms with Gasteiger partial charge in [0.05, 0.1) is 18.4 Å². The molecule has 2 rings (SSSR count). The van der Waals surface area contributed by atoms with Crippen LogP contribution < -0.4 is 9.62 Å². The summed E-state index contributed by atoms with van der Waals surface area (Å²) in [6.45, 7) is 0.148. The summed E-state index contributed by atoms with van der Waals surface area (Å²) in [6, 6.07) is 1.31. The number of hydrogen-bond donors (Lipinski definition) is 4. The quantitative estimate of drug-likeness (QED) is 0.329. The summed E-state index contributed by atoms with van der Waals surface area (Å²) in [5.74, 6) is -0.854. The lowest BCUT2D eigenvalue weighted by molar-refractivity contribution is -0.0466. The molecule has 0 aromatic carbocycles. The van der Waals surface area contributed by atoms with Gasteiger partial charge in [-0.15, -0.1) is 0 Å². The van der Waals surface area contributed by atoms with E-state index in [1.54, 1.807) is 0 Å². The molecule has 172 valence electrons. The van der Waals surface area contributed by atoms with Crippen LogP contribution in [-0.2, 0) is 14.8 Å². The average Bonchev–Trinajstić information content (AvgIpc) is 3.24. The normalized spacial score (nSPS) is 15.7. The molecule has 13 heteroatoms. The van der Waals surface area contributed by atoms with Crippen LogP contribution in [0.3, 0.4) is 0 Å². The fraction of sp³-hybridized carbons (Fsp3) is 0.500. The summed E-state index contributed by atoms with van der Waals surface area (Å²) in [6.07, 6.45) is 0.515. The number of carbonyl (C=O) groups excluding carboxylic acids is 1. The van der Waals surface area contributed by atoms with Gasteiger partial charge in [-0.25, -0.2) is 12.7 Å². The van der Waals surface area contributed by atoms with Crippen LogP contribution in [0.4, 0.5) is 6.01 Å². The number of sulfonamides is 1. The lowest BCUT2D eigenvalue weighted by Gasteiger charge is -2.31. The Hall–Kier alpha value is -2.58.